The monoisotopic (exact) mass is 218 g/mol. The Hall–Kier alpha value is -1.53. The molecule has 0 saturated carbocycles. The number of hydrogen-bond donors (Lipinski definition) is 0. The van der Waals surface area contributed by atoms with Crippen LogP contribution in [-0.4, -0.2) is 25.6 Å². The lowest BCUT2D eigenvalue weighted by Crippen LogP contribution is -2.18. The van der Waals surface area contributed by atoms with Crippen molar-refractivity contribution in [1.29, 1.82) is 5.26 Å². The third kappa shape index (κ3) is 3.25. The Morgan fingerprint density at radius 1 is 1.44 bits per heavy atom. The zero-order valence-corrected chi connectivity index (χ0v) is 10.1. The average molecular weight is 218 g/mol. The van der Waals surface area contributed by atoms with Gasteiger partial charge in [-0.3, -0.25) is 4.90 Å². The van der Waals surface area contributed by atoms with E-state index in [1.54, 1.807) is 0 Å². The first-order valence-corrected chi connectivity index (χ1v) is 5.47. The van der Waals surface area contributed by atoms with Crippen molar-refractivity contribution in [2.24, 2.45) is 0 Å². The smallest absolute Gasteiger partial charge is 0.123 e. The van der Waals surface area contributed by atoms with Gasteiger partial charge in [0.05, 0.1) is 12.7 Å². The average Bonchev–Trinajstić information content (AvgIpc) is 2.27. The molecule has 1 unspecified atom stereocenters. The minimum Gasteiger partial charge on any atom is -0.494 e. The zero-order valence-electron chi connectivity index (χ0n) is 10.1. The van der Waals surface area contributed by atoms with Gasteiger partial charge in [-0.2, -0.15) is 5.26 Å². The molecule has 0 spiro atoms. The van der Waals surface area contributed by atoms with Crippen LogP contribution in [0.5, 0.6) is 5.75 Å². The molecule has 0 amide bonds. The second-order valence-corrected chi connectivity index (χ2v) is 3.92. The van der Waals surface area contributed by atoms with Crippen molar-refractivity contribution < 1.29 is 4.74 Å². The Labute approximate surface area is 97.3 Å². The van der Waals surface area contributed by atoms with Gasteiger partial charge in [0.2, 0.25) is 0 Å². The molecular weight excluding hydrogens is 200 g/mol. The van der Waals surface area contributed by atoms with Crippen molar-refractivity contribution in [1.82, 2.24) is 4.90 Å². The molecule has 1 aromatic rings. The summed E-state index contributed by atoms with van der Waals surface area (Å²) in [7, 11) is 3.79. The van der Waals surface area contributed by atoms with Gasteiger partial charge in [-0.1, -0.05) is 19.1 Å². The fourth-order valence-corrected chi connectivity index (χ4v) is 1.48. The Bertz CT molecular complexity index is 368. The molecule has 0 aliphatic carbocycles. The first kappa shape index (κ1) is 12.5. The van der Waals surface area contributed by atoms with Crippen molar-refractivity contribution in [2.75, 3.05) is 20.7 Å². The molecular formula is C13H18N2O. The highest BCUT2D eigenvalue weighted by Crippen LogP contribution is 2.22. The lowest BCUT2D eigenvalue weighted by molar-refractivity contribution is 0.315. The summed E-state index contributed by atoms with van der Waals surface area (Å²) in [5, 5.41) is 9.08. The Morgan fingerprint density at radius 3 is 2.75 bits per heavy atom. The first-order chi connectivity index (χ1) is 7.69. The molecule has 0 saturated heterocycles. The lowest BCUT2D eigenvalue weighted by atomic mass is 10.1. The second kappa shape index (κ2) is 6.14. The third-order valence-corrected chi connectivity index (χ3v) is 2.29. The molecule has 1 aromatic carbocycles. The highest BCUT2D eigenvalue weighted by molar-refractivity contribution is 5.33. The molecule has 0 aromatic heterocycles. The minimum absolute atomic E-state index is 0.217. The van der Waals surface area contributed by atoms with E-state index in [0.717, 1.165) is 17.7 Å². The van der Waals surface area contributed by atoms with Crippen molar-refractivity contribution in [2.45, 2.75) is 19.4 Å². The van der Waals surface area contributed by atoms with Crippen LogP contribution in [0.25, 0.3) is 0 Å². The zero-order chi connectivity index (χ0) is 12.0. The van der Waals surface area contributed by atoms with Gasteiger partial charge >= 0.3 is 0 Å². The van der Waals surface area contributed by atoms with E-state index in [4.69, 9.17) is 10.00 Å². The summed E-state index contributed by atoms with van der Waals surface area (Å²) in [6.07, 6.45) is 0.986. The van der Waals surface area contributed by atoms with E-state index in [1.807, 2.05) is 43.3 Å². The fraction of sp³-hybridized carbons (Fsp3) is 0.462. The van der Waals surface area contributed by atoms with E-state index in [0.29, 0.717) is 6.61 Å². The van der Waals surface area contributed by atoms with Crippen LogP contribution >= 0.6 is 0 Å². The topological polar surface area (TPSA) is 36.3 Å². The van der Waals surface area contributed by atoms with Gasteiger partial charge in [0, 0.05) is 0 Å². The quantitative estimate of drug-likeness (QED) is 0.762. The van der Waals surface area contributed by atoms with Crippen LogP contribution in [0, 0.1) is 11.3 Å². The van der Waals surface area contributed by atoms with Crippen LogP contribution in [0.4, 0.5) is 0 Å². The first-order valence-electron chi connectivity index (χ1n) is 5.47. The predicted molar refractivity (Wildman–Crippen MR) is 64.3 cm³/mol. The Kier molecular flexibility index (Phi) is 4.81. The molecule has 0 heterocycles. The number of nitrogens with zero attached hydrogens (tertiary/aromatic N) is 2. The summed E-state index contributed by atoms with van der Waals surface area (Å²) in [6, 6.07) is 9.78. The maximum Gasteiger partial charge on any atom is 0.123 e. The largest absolute Gasteiger partial charge is 0.494 e. The van der Waals surface area contributed by atoms with Gasteiger partial charge in [0.25, 0.3) is 0 Å². The van der Waals surface area contributed by atoms with E-state index in [-0.39, 0.29) is 6.04 Å². The van der Waals surface area contributed by atoms with Gasteiger partial charge in [-0.15, -0.1) is 0 Å². The van der Waals surface area contributed by atoms with Crippen LogP contribution in [0.3, 0.4) is 0 Å². The molecule has 3 heteroatoms. The van der Waals surface area contributed by atoms with Crippen LogP contribution in [0.1, 0.15) is 24.9 Å². The van der Waals surface area contributed by atoms with E-state index < -0.39 is 0 Å². The standard InChI is InChI=1S/C13H18N2O/c1-4-8-16-12-7-5-6-11(9-12)13(10-14)15(2)3/h5-7,9,13H,4,8H2,1-3H3. The number of nitriles is 1. The summed E-state index contributed by atoms with van der Waals surface area (Å²) in [4.78, 5) is 1.89. The van der Waals surface area contributed by atoms with E-state index in [2.05, 4.69) is 13.0 Å². The van der Waals surface area contributed by atoms with E-state index in [9.17, 15) is 0 Å². The molecule has 0 fully saturated rings. The van der Waals surface area contributed by atoms with Gasteiger partial charge in [0.1, 0.15) is 11.8 Å². The summed E-state index contributed by atoms with van der Waals surface area (Å²) in [6.45, 7) is 2.78. The van der Waals surface area contributed by atoms with Crippen LogP contribution in [-0.2, 0) is 0 Å². The van der Waals surface area contributed by atoms with Crippen molar-refractivity contribution in [3.05, 3.63) is 29.8 Å². The summed E-state index contributed by atoms with van der Waals surface area (Å²) < 4.78 is 5.54. The summed E-state index contributed by atoms with van der Waals surface area (Å²) >= 11 is 0. The van der Waals surface area contributed by atoms with Crippen LogP contribution < -0.4 is 4.74 Å². The molecule has 1 atom stereocenters. The Morgan fingerprint density at radius 2 is 2.19 bits per heavy atom. The van der Waals surface area contributed by atoms with E-state index >= 15 is 0 Å². The molecule has 0 aliphatic rings. The minimum atomic E-state index is -0.217. The molecule has 0 N–H and O–H groups in total. The molecule has 1 rings (SSSR count). The molecule has 3 nitrogen and oxygen atoms in total. The molecule has 16 heavy (non-hydrogen) atoms. The van der Waals surface area contributed by atoms with Gasteiger partial charge in [-0.25, -0.2) is 0 Å². The maximum absolute atomic E-state index is 9.08. The number of ether oxygens (including phenoxy) is 1. The molecule has 0 radical (unpaired) electrons. The summed E-state index contributed by atoms with van der Waals surface area (Å²) in [5.74, 6) is 0.835. The molecule has 86 valence electrons. The second-order valence-electron chi connectivity index (χ2n) is 3.92. The highest BCUT2D eigenvalue weighted by Gasteiger charge is 2.13. The normalized spacial score (nSPS) is 12.2. The van der Waals surface area contributed by atoms with Crippen molar-refractivity contribution >= 4 is 0 Å². The number of rotatable bonds is 5. The number of hydrogen-bond acceptors (Lipinski definition) is 3. The van der Waals surface area contributed by atoms with Gasteiger partial charge in [-0.05, 0) is 38.2 Å². The van der Waals surface area contributed by atoms with Gasteiger partial charge < -0.3 is 4.74 Å². The predicted octanol–water partition coefficient (Wildman–Crippen LogP) is 2.60. The SMILES string of the molecule is CCCOc1cccc(C(C#N)N(C)C)c1. The summed E-state index contributed by atoms with van der Waals surface area (Å²) in [5.41, 5.74) is 0.973. The Balaban J connectivity index is 2.85. The van der Waals surface area contributed by atoms with Crippen LogP contribution in [0.2, 0.25) is 0 Å². The van der Waals surface area contributed by atoms with Gasteiger partial charge in [0.15, 0.2) is 0 Å². The van der Waals surface area contributed by atoms with E-state index in [1.165, 1.54) is 0 Å². The number of benzene rings is 1. The van der Waals surface area contributed by atoms with Crippen LogP contribution in [0.15, 0.2) is 24.3 Å². The van der Waals surface area contributed by atoms with Crippen molar-refractivity contribution in [3.63, 3.8) is 0 Å². The third-order valence-electron chi connectivity index (χ3n) is 2.29. The molecule has 0 aliphatic heterocycles. The fourth-order valence-electron chi connectivity index (χ4n) is 1.48. The highest BCUT2D eigenvalue weighted by atomic mass is 16.5. The molecule has 0 bridgehead atoms. The lowest BCUT2D eigenvalue weighted by Gasteiger charge is -2.18. The maximum atomic E-state index is 9.08. The van der Waals surface area contributed by atoms with Crippen molar-refractivity contribution in [3.8, 4) is 11.8 Å².